The highest BCUT2D eigenvalue weighted by molar-refractivity contribution is 7.57. The monoisotopic (exact) mass is 398 g/mol. The smallest absolute Gasteiger partial charge is 0.0326 e. The fourth-order valence-electron chi connectivity index (χ4n) is 4.22. The van der Waals surface area contributed by atoms with Crippen molar-refractivity contribution < 1.29 is 0 Å². The third-order valence-electron chi connectivity index (χ3n) is 6.29. The molecule has 0 rings (SSSR count). The van der Waals surface area contributed by atoms with Crippen molar-refractivity contribution in [2.75, 3.05) is 18.5 Å². The molecular weight excluding hydrogens is 343 g/mol. The Morgan fingerprint density at radius 3 is 1.33 bits per heavy atom. The summed E-state index contributed by atoms with van der Waals surface area (Å²) in [5.41, 5.74) is 0. The van der Waals surface area contributed by atoms with E-state index in [9.17, 15) is 0 Å². The lowest BCUT2D eigenvalue weighted by Crippen LogP contribution is -2.02. The molecule has 0 aliphatic rings. The Morgan fingerprint density at radius 1 is 0.444 bits per heavy atom. The zero-order valence-corrected chi connectivity index (χ0v) is 20.8. The molecule has 0 saturated carbocycles. The Balaban J connectivity index is 4.01. The molecular formula is C26H55P. The molecule has 164 valence electrons. The van der Waals surface area contributed by atoms with Crippen molar-refractivity contribution in [3.8, 4) is 0 Å². The van der Waals surface area contributed by atoms with E-state index in [4.69, 9.17) is 0 Å². The van der Waals surface area contributed by atoms with Crippen molar-refractivity contribution in [1.29, 1.82) is 0 Å². The fraction of sp³-hybridized carbons (Fsp3) is 1.00. The van der Waals surface area contributed by atoms with Crippen LogP contribution in [0.5, 0.6) is 0 Å². The largest absolute Gasteiger partial charge is 0.107 e. The SMILES string of the molecule is CCCCCCCCP(CCCCCCCC)CCCC(CC)CCCC. The van der Waals surface area contributed by atoms with Crippen molar-refractivity contribution in [3.63, 3.8) is 0 Å². The molecule has 27 heavy (non-hydrogen) atoms. The Kier molecular flexibility index (Phi) is 23.1. The van der Waals surface area contributed by atoms with Crippen LogP contribution in [0.25, 0.3) is 0 Å². The van der Waals surface area contributed by atoms with E-state index in [2.05, 4.69) is 27.7 Å². The lowest BCUT2D eigenvalue weighted by atomic mass is 9.95. The van der Waals surface area contributed by atoms with E-state index in [-0.39, 0.29) is 0 Å². The Bertz CT molecular complexity index is 247. The van der Waals surface area contributed by atoms with Crippen LogP contribution < -0.4 is 0 Å². The van der Waals surface area contributed by atoms with Crippen molar-refractivity contribution in [1.82, 2.24) is 0 Å². The lowest BCUT2D eigenvalue weighted by Gasteiger charge is -2.20. The Labute approximate surface area is 175 Å². The molecule has 0 aliphatic heterocycles. The first kappa shape index (κ1) is 27.4. The van der Waals surface area contributed by atoms with E-state index in [0.717, 1.165) is 5.92 Å². The van der Waals surface area contributed by atoms with Crippen LogP contribution >= 0.6 is 7.92 Å². The zero-order chi connectivity index (χ0) is 20.0. The minimum atomic E-state index is 0.342. The van der Waals surface area contributed by atoms with Gasteiger partial charge in [0.1, 0.15) is 0 Å². The van der Waals surface area contributed by atoms with Gasteiger partial charge in [0.2, 0.25) is 0 Å². The van der Waals surface area contributed by atoms with E-state index in [1.165, 1.54) is 116 Å². The zero-order valence-electron chi connectivity index (χ0n) is 19.9. The minimum absolute atomic E-state index is 0.342. The molecule has 0 nitrogen and oxygen atoms in total. The number of hydrogen-bond acceptors (Lipinski definition) is 0. The van der Waals surface area contributed by atoms with E-state index < -0.39 is 0 Å². The summed E-state index contributed by atoms with van der Waals surface area (Å²) in [6, 6.07) is 0. The third-order valence-corrected chi connectivity index (χ3v) is 9.13. The molecule has 0 N–H and O–H groups in total. The number of rotatable bonds is 22. The maximum Gasteiger partial charge on any atom is -0.0326 e. The van der Waals surface area contributed by atoms with Gasteiger partial charge in [0.25, 0.3) is 0 Å². The molecule has 0 aliphatic carbocycles. The molecule has 1 unspecified atom stereocenters. The molecule has 0 bridgehead atoms. The maximum atomic E-state index is 2.41. The van der Waals surface area contributed by atoms with Gasteiger partial charge in [-0.3, -0.25) is 0 Å². The summed E-state index contributed by atoms with van der Waals surface area (Å²) >= 11 is 0. The van der Waals surface area contributed by atoms with Gasteiger partial charge in [-0.05, 0) is 43.7 Å². The molecule has 1 heteroatoms. The fourth-order valence-corrected chi connectivity index (χ4v) is 6.86. The summed E-state index contributed by atoms with van der Waals surface area (Å²) < 4.78 is 0. The highest BCUT2D eigenvalue weighted by Crippen LogP contribution is 2.40. The quantitative estimate of drug-likeness (QED) is 0.126. The van der Waals surface area contributed by atoms with Gasteiger partial charge in [-0.2, -0.15) is 0 Å². The van der Waals surface area contributed by atoms with Crippen LogP contribution in [0.15, 0.2) is 0 Å². The van der Waals surface area contributed by atoms with Gasteiger partial charge < -0.3 is 0 Å². The molecule has 0 amide bonds. The molecule has 0 aromatic heterocycles. The molecule has 0 radical (unpaired) electrons. The van der Waals surface area contributed by atoms with E-state index >= 15 is 0 Å². The van der Waals surface area contributed by atoms with Gasteiger partial charge in [0.05, 0.1) is 0 Å². The van der Waals surface area contributed by atoms with Gasteiger partial charge in [-0.1, -0.05) is 124 Å². The minimum Gasteiger partial charge on any atom is -0.107 e. The van der Waals surface area contributed by atoms with Crippen molar-refractivity contribution in [2.45, 2.75) is 143 Å². The van der Waals surface area contributed by atoms with Crippen LogP contribution in [-0.4, -0.2) is 18.5 Å². The average Bonchev–Trinajstić information content (AvgIpc) is 2.69. The topological polar surface area (TPSA) is 0 Å². The molecule has 1 atom stereocenters. The van der Waals surface area contributed by atoms with Crippen molar-refractivity contribution >= 4 is 7.92 Å². The standard InChI is InChI=1S/C26H55P/c1-5-9-12-14-16-18-23-27(24-19-17-15-13-10-6-2)25-20-22-26(8-4)21-11-7-3/h26H,5-25H2,1-4H3. The summed E-state index contributed by atoms with van der Waals surface area (Å²) in [4.78, 5) is 0. The highest BCUT2D eigenvalue weighted by Gasteiger charge is 2.11. The Hall–Kier alpha value is 0.430. The van der Waals surface area contributed by atoms with Crippen LogP contribution in [0.4, 0.5) is 0 Å². The van der Waals surface area contributed by atoms with Gasteiger partial charge in [-0.15, -0.1) is 7.92 Å². The first-order chi connectivity index (χ1) is 13.3. The lowest BCUT2D eigenvalue weighted by molar-refractivity contribution is 0.418. The first-order valence-corrected chi connectivity index (χ1v) is 14.9. The summed E-state index contributed by atoms with van der Waals surface area (Å²) in [6.07, 6.45) is 31.1. The second kappa shape index (κ2) is 22.7. The summed E-state index contributed by atoms with van der Waals surface area (Å²) in [5.74, 6) is 1.02. The maximum absolute atomic E-state index is 2.41. The van der Waals surface area contributed by atoms with Crippen LogP contribution in [0, 0.1) is 5.92 Å². The van der Waals surface area contributed by atoms with Gasteiger partial charge >= 0.3 is 0 Å². The van der Waals surface area contributed by atoms with Crippen LogP contribution in [0.2, 0.25) is 0 Å². The third kappa shape index (κ3) is 19.5. The second-order valence-electron chi connectivity index (χ2n) is 8.94. The van der Waals surface area contributed by atoms with E-state index in [0.29, 0.717) is 7.92 Å². The van der Waals surface area contributed by atoms with Crippen molar-refractivity contribution in [2.24, 2.45) is 5.92 Å². The predicted molar refractivity (Wildman–Crippen MR) is 131 cm³/mol. The summed E-state index contributed by atoms with van der Waals surface area (Å²) in [5, 5.41) is 0. The molecule has 0 spiro atoms. The van der Waals surface area contributed by atoms with Crippen molar-refractivity contribution in [3.05, 3.63) is 0 Å². The average molecular weight is 399 g/mol. The number of unbranched alkanes of at least 4 members (excludes halogenated alkanes) is 11. The van der Waals surface area contributed by atoms with E-state index in [1.54, 1.807) is 18.5 Å². The van der Waals surface area contributed by atoms with Crippen LogP contribution in [0.1, 0.15) is 143 Å². The van der Waals surface area contributed by atoms with E-state index in [1.807, 2.05) is 0 Å². The van der Waals surface area contributed by atoms with Gasteiger partial charge in [0, 0.05) is 0 Å². The number of hydrogen-bond donors (Lipinski definition) is 0. The summed E-state index contributed by atoms with van der Waals surface area (Å²) in [7, 11) is 0.342. The highest BCUT2D eigenvalue weighted by atomic mass is 31.1. The van der Waals surface area contributed by atoms with Crippen LogP contribution in [-0.2, 0) is 0 Å². The normalized spacial score (nSPS) is 12.8. The Morgan fingerprint density at radius 2 is 0.852 bits per heavy atom. The molecule has 0 heterocycles. The first-order valence-electron chi connectivity index (χ1n) is 13.0. The molecule has 0 aromatic rings. The second-order valence-corrected chi connectivity index (χ2v) is 11.6. The van der Waals surface area contributed by atoms with Gasteiger partial charge in [-0.25, -0.2) is 0 Å². The molecule has 0 saturated heterocycles. The molecule has 0 fully saturated rings. The predicted octanol–water partition coefficient (Wildman–Crippen LogP) is 10.2. The summed E-state index contributed by atoms with van der Waals surface area (Å²) in [6.45, 7) is 9.40. The van der Waals surface area contributed by atoms with Crippen LogP contribution in [0.3, 0.4) is 0 Å². The molecule has 0 aromatic carbocycles. The van der Waals surface area contributed by atoms with Gasteiger partial charge in [0.15, 0.2) is 0 Å².